The first kappa shape index (κ1) is 13.6. The average molecular weight is 304 g/mol. The number of halogens is 2. The van der Waals surface area contributed by atoms with Gasteiger partial charge in [-0.05, 0) is 30.3 Å². The number of carbonyl (C=O) groups is 1. The fourth-order valence-electron chi connectivity index (χ4n) is 1.53. The molecule has 5 nitrogen and oxygen atoms in total. The molecule has 2 aromatic rings. The molecule has 100 valence electrons. The summed E-state index contributed by atoms with van der Waals surface area (Å²) < 4.78 is 38.5. The van der Waals surface area contributed by atoms with E-state index in [2.05, 4.69) is 0 Å². The molecular weight excluding hydrogens is 297 g/mol. The molecule has 2 rings (SSSR count). The number of aromatic carboxylic acids is 1. The standard InChI is InChI=1S/C11H7ClFNO4S/c12-7-3-4-10(8(13)6-7)19(17,18)14-5-1-2-9(14)11(15)16/h1-6H,(H,15,16). The molecule has 0 saturated carbocycles. The summed E-state index contributed by atoms with van der Waals surface area (Å²) in [6.45, 7) is 0. The highest BCUT2D eigenvalue weighted by Crippen LogP contribution is 2.22. The Labute approximate surface area is 112 Å². The van der Waals surface area contributed by atoms with Crippen LogP contribution in [0.3, 0.4) is 0 Å². The van der Waals surface area contributed by atoms with Crippen molar-refractivity contribution in [1.29, 1.82) is 0 Å². The zero-order valence-electron chi connectivity index (χ0n) is 9.25. The molecule has 1 heterocycles. The third kappa shape index (κ3) is 2.34. The van der Waals surface area contributed by atoms with Crippen LogP contribution in [0.15, 0.2) is 41.4 Å². The van der Waals surface area contributed by atoms with E-state index >= 15 is 0 Å². The normalized spacial score (nSPS) is 11.5. The van der Waals surface area contributed by atoms with Crippen molar-refractivity contribution in [2.45, 2.75) is 4.90 Å². The van der Waals surface area contributed by atoms with Crippen molar-refractivity contribution in [1.82, 2.24) is 3.97 Å². The maximum Gasteiger partial charge on any atom is 0.353 e. The second-order valence-electron chi connectivity index (χ2n) is 3.57. The molecule has 1 aromatic carbocycles. The summed E-state index contributed by atoms with van der Waals surface area (Å²) in [5.41, 5.74) is -0.477. The van der Waals surface area contributed by atoms with E-state index in [-0.39, 0.29) is 5.02 Å². The summed E-state index contributed by atoms with van der Waals surface area (Å²) in [5, 5.41) is 8.92. The summed E-state index contributed by atoms with van der Waals surface area (Å²) in [5.74, 6) is -2.47. The van der Waals surface area contributed by atoms with Gasteiger partial charge in [-0.25, -0.2) is 21.6 Å². The third-order valence-corrected chi connectivity index (χ3v) is 4.32. The van der Waals surface area contributed by atoms with E-state index in [1.54, 1.807) is 0 Å². The maximum absolute atomic E-state index is 13.6. The molecular formula is C11H7ClFNO4S. The summed E-state index contributed by atoms with van der Waals surface area (Å²) >= 11 is 5.54. The zero-order chi connectivity index (χ0) is 14.2. The molecule has 0 radical (unpaired) electrons. The van der Waals surface area contributed by atoms with Crippen molar-refractivity contribution in [3.05, 3.63) is 53.1 Å². The molecule has 0 aliphatic heterocycles. The lowest BCUT2D eigenvalue weighted by Gasteiger charge is -2.09. The van der Waals surface area contributed by atoms with Crippen LogP contribution in [0.1, 0.15) is 10.5 Å². The first-order valence-electron chi connectivity index (χ1n) is 4.95. The highest BCUT2D eigenvalue weighted by Gasteiger charge is 2.25. The number of hydrogen-bond acceptors (Lipinski definition) is 3. The van der Waals surface area contributed by atoms with Crippen LogP contribution in [-0.4, -0.2) is 23.5 Å². The van der Waals surface area contributed by atoms with Gasteiger partial charge in [-0.2, -0.15) is 0 Å². The molecule has 0 bridgehead atoms. The smallest absolute Gasteiger partial charge is 0.353 e. The Bertz CT molecular complexity index is 754. The van der Waals surface area contributed by atoms with Gasteiger partial charge >= 0.3 is 5.97 Å². The second kappa shape index (κ2) is 4.67. The number of hydrogen-bond donors (Lipinski definition) is 1. The first-order valence-corrected chi connectivity index (χ1v) is 6.77. The van der Waals surface area contributed by atoms with Crippen LogP contribution in [0.25, 0.3) is 0 Å². The van der Waals surface area contributed by atoms with Crippen molar-refractivity contribution in [2.75, 3.05) is 0 Å². The largest absolute Gasteiger partial charge is 0.477 e. The monoisotopic (exact) mass is 303 g/mol. The third-order valence-electron chi connectivity index (χ3n) is 2.36. The van der Waals surface area contributed by atoms with Gasteiger partial charge in [0.05, 0.1) is 0 Å². The van der Waals surface area contributed by atoms with Crippen LogP contribution in [0.5, 0.6) is 0 Å². The highest BCUT2D eigenvalue weighted by atomic mass is 35.5. The van der Waals surface area contributed by atoms with Gasteiger partial charge in [0.25, 0.3) is 10.0 Å². The van der Waals surface area contributed by atoms with E-state index in [0.717, 1.165) is 24.4 Å². The molecule has 1 aromatic heterocycles. The van der Waals surface area contributed by atoms with E-state index in [0.29, 0.717) is 3.97 Å². The van der Waals surface area contributed by atoms with Crippen molar-refractivity contribution < 1.29 is 22.7 Å². The van der Waals surface area contributed by atoms with Crippen LogP contribution in [0.4, 0.5) is 4.39 Å². The van der Waals surface area contributed by atoms with Crippen LogP contribution < -0.4 is 0 Å². The van der Waals surface area contributed by atoms with Crippen molar-refractivity contribution in [3.8, 4) is 0 Å². The number of rotatable bonds is 3. The minimum Gasteiger partial charge on any atom is -0.477 e. The maximum atomic E-state index is 13.6. The quantitative estimate of drug-likeness (QED) is 0.943. The molecule has 0 aliphatic rings. The number of carboxylic acids is 1. The van der Waals surface area contributed by atoms with Crippen LogP contribution in [-0.2, 0) is 10.0 Å². The van der Waals surface area contributed by atoms with E-state index in [1.807, 2.05) is 0 Å². The van der Waals surface area contributed by atoms with Gasteiger partial charge < -0.3 is 5.11 Å². The van der Waals surface area contributed by atoms with Gasteiger partial charge in [0.2, 0.25) is 0 Å². The lowest BCUT2D eigenvalue weighted by Crippen LogP contribution is -2.18. The molecule has 0 atom stereocenters. The van der Waals surface area contributed by atoms with Crippen LogP contribution in [0, 0.1) is 5.82 Å². The Morgan fingerprint density at radius 2 is 2.00 bits per heavy atom. The fraction of sp³-hybridized carbons (Fsp3) is 0. The summed E-state index contributed by atoms with van der Waals surface area (Å²) in [7, 11) is -4.32. The van der Waals surface area contributed by atoms with Crippen LogP contribution in [0.2, 0.25) is 5.02 Å². The fourth-order valence-corrected chi connectivity index (χ4v) is 3.08. The molecule has 0 spiro atoms. The number of nitrogens with zero attached hydrogens (tertiary/aromatic N) is 1. The molecule has 0 amide bonds. The first-order chi connectivity index (χ1) is 8.84. The second-order valence-corrected chi connectivity index (χ2v) is 5.79. The molecule has 0 aliphatic carbocycles. The number of carboxylic acid groups (broad SMARTS) is 1. The Balaban J connectivity index is 2.66. The Morgan fingerprint density at radius 1 is 1.32 bits per heavy atom. The molecule has 1 N–H and O–H groups in total. The minimum absolute atomic E-state index is 0.0439. The average Bonchev–Trinajstić information content (AvgIpc) is 2.77. The van der Waals surface area contributed by atoms with E-state index in [9.17, 15) is 17.6 Å². The van der Waals surface area contributed by atoms with E-state index < -0.39 is 32.4 Å². The molecule has 19 heavy (non-hydrogen) atoms. The summed E-state index contributed by atoms with van der Waals surface area (Å²) in [4.78, 5) is 10.3. The summed E-state index contributed by atoms with van der Waals surface area (Å²) in [6.07, 6.45) is 1.03. The van der Waals surface area contributed by atoms with E-state index in [4.69, 9.17) is 16.7 Å². The van der Waals surface area contributed by atoms with Crippen molar-refractivity contribution in [3.63, 3.8) is 0 Å². The highest BCUT2D eigenvalue weighted by molar-refractivity contribution is 7.90. The molecule has 8 heteroatoms. The zero-order valence-corrected chi connectivity index (χ0v) is 10.8. The topological polar surface area (TPSA) is 76.4 Å². The van der Waals surface area contributed by atoms with Gasteiger partial charge in [-0.15, -0.1) is 0 Å². The molecule has 0 saturated heterocycles. The van der Waals surface area contributed by atoms with Crippen molar-refractivity contribution >= 4 is 27.6 Å². The minimum atomic E-state index is -4.32. The van der Waals surface area contributed by atoms with Gasteiger partial charge in [0, 0.05) is 11.2 Å². The lowest BCUT2D eigenvalue weighted by atomic mass is 10.3. The Kier molecular flexibility index (Phi) is 3.34. The molecule has 0 fully saturated rings. The van der Waals surface area contributed by atoms with Gasteiger partial charge in [0.1, 0.15) is 16.4 Å². The van der Waals surface area contributed by atoms with Crippen LogP contribution >= 0.6 is 11.6 Å². The van der Waals surface area contributed by atoms with Gasteiger partial charge in [-0.3, -0.25) is 0 Å². The number of benzene rings is 1. The van der Waals surface area contributed by atoms with Gasteiger partial charge in [0.15, 0.2) is 0 Å². The predicted molar refractivity (Wildman–Crippen MR) is 65.4 cm³/mol. The van der Waals surface area contributed by atoms with Crippen molar-refractivity contribution in [2.24, 2.45) is 0 Å². The molecule has 0 unspecified atom stereocenters. The lowest BCUT2D eigenvalue weighted by molar-refractivity contribution is 0.0689. The summed E-state index contributed by atoms with van der Waals surface area (Å²) in [6, 6.07) is 5.39. The Morgan fingerprint density at radius 3 is 2.58 bits per heavy atom. The SMILES string of the molecule is O=C(O)c1cccn1S(=O)(=O)c1ccc(Cl)cc1F. The number of aromatic nitrogens is 1. The Hall–Kier alpha value is -1.86. The van der Waals surface area contributed by atoms with Gasteiger partial charge in [-0.1, -0.05) is 11.6 Å². The van der Waals surface area contributed by atoms with E-state index in [1.165, 1.54) is 12.1 Å². The predicted octanol–water partition coefficient (Wildman–Crippen LogP) is 2.22.